The fraction of sp³-hybridized carbons (Fsp3) is 0.400. The Bertz CT molecular complexity index is 306. The molecular formula is C10H14N2O2. The van der Waals surface area contributed by atoms with Crippen LogP contribution in [0.3, 0.4) is 0 Å². The van der Waals surface area contributed by atoms with E-state index in [4.69, 9.17) is 5.11 Å². The topological polar surface area (TPSA) is 53.4 Å². The zero-order chi connectivity index (χ0) is 10.6. The molecule has 1 heterocycles. The fourth-order valence-electron chi connectivity index (χ4n) is 1.15. The molecule has 0 radical (unpaired) electrons. The molecule has 0 unspecified atom stereocenters. The first-order chi connectivity index (χ1) is 6.58. The molecule has 0 bridgehead atoms. The van der Waals surface area contributed by atoms with Gasteiger partial charge in [-0.2, -0.15) is 0 Å². The van der Waals surface area contributed by atoms with E-state index in [0.717, 1.165) is 17.8 Å². The lowest BCUT2D eigenvalue weighted by Gasteiger charge is -2.08. The molecule has 0 aliphatic heterocycles. The summed E-state index contributed by atoms with van der Waals surface area (Å²) in [5.41, 5.74) is 1.68. The summed E-state index contributed by atoms with van der Waals surface area (Å²) in [6.45, 7) is 0.771. The summed E-state index contributed by atoms with van der Waals surface area (Å²) in [4.78, 5) is 16.6. The number of pyridine rings is 1. The highest BCUT2D eigenvalue weighted by Crippen LogP contribution is 2.02. The van der Waals surface area contributed by atoms with Gasteiger partial charge in [0.2, 0.25) is 0 Å². The van der Waals surface area contributed by atoms with Crippen molar-refractivity contribution in [2.75, 3.05) is 14.1 Å². The van der Waals surface area contributed by atoms with Crippen molar-refractivity contribution >= 4 is 5.97 Å². The summed E-state index contributed by atoms with van der Waals surface area (Å²) in [6.07, 6.45) is 1.65. The maximum atomic E-state index is 10.4. The summed E-state index contributed by atoms with van der Waals surface area (Å²) >= 11 is 0. The van der Waals surface area contributed by atoms with Gasteiger partial charge in [-0.25, -0.2) is 0 Å². The minimum atomic E-state index is -0.827. The van der Waals surface area contributed by atoms with Crippen LogP contribution in [-0.2, 0) is 17.8 Å². The Morgan fingerprint density at radius 3 is 2.64 bits per heavy atom. The standard InChI is InChI=1S/C10H14N2O2/c1-12(2)7-9-4-3-8(6-11-9)5-10(13)14/h3-4,6H,5,7H2,1-2H3,(H,13,14). The predicted molar refractivity (Wildman–Crippen MR) is 53.0 cm³/mol. The first kappa shape index (κ1) is 10.7. The van der Waals surface area contributed by atoms with Crippen molar-refractivity contribution in [3.05, 3.63) is 29.6 Å². The van der Waals surface area contributed by atoms with Gasteiger partial charge in [0.25, 0.3) is 0 Å². The van der Waals surface area contributed by atoms with Crippen LogP contribution in [0.5, 0.6) is 0 Å². The van der Waals surface area contributed by atoms with E-state index in [1.807, 2.05) is 25.1 Å². The third kappa shape index (κ3) is 3.53. The molecule has 1 N–H and O–H groups in total. The minimum absolute atomic E-state index is 0.0369. The molecule has 0 aliphatic carbocycles. The van der Waals surface area contributed by atoms with Crippen LogP contribution in [0.2, 0.25) is 0 Å². The Kier molecular flexibility index (Phi) is 3.59. The van der Waals surface area contributed by atoms with Crippen molar-refractivity contribution in [3.8, 4) is 0 Å². The number of hydrogen-bond acceptors (Lipinski definition) is 3. The molecular weight excluding hydrogens is 180 g/mol. The van der Waals surface area contributed by atoms with Gasteiger partial charge in [0.05, 0.1) is 12.1 Å². The highest BCUT2D eigenvalue weighted by molar-refractivity contribution is 5.69. The second-order valence-corrected chi connectivity index (χ2v) is 3.47. The van der Waals surface area contributed by atoms with E-state index in [1.54, 1.807) is 12.3 Å². The van der Waals surface area contributed by atoms with Crippen molar-refractivity contribution in [1.29, 1.82) is 0 Å². The van der Waals surface area contributed by atoms with Crippen LogP contribution in [0.4, 0.5) is 0 Å². The van der Waals surface area contributed by atoms with E-state index in [9.17, 15) is 4.79 Å². The minimum Gasteiger partial charge on any atom is -0.481 e. The zero-order valence-corrected chi connectivity index (χ0v) is 8.40. The summed E-state index contributed by atoms with van der Waals surface area (Å²) in [6, 6.07) is 3.66. The first-order valence-corrected chi connectivity index (χ1v) is 4.38. The van der Waals surface area contributed by atoms with Gasteiger partial charge < -0.3 is 10.0 Å². The summed E-state index contributed by atoms with van der Waals surface area (Å²) in [5.74, 6) is -0.827. The molecule has 0 aromatic carbocycles. The number of aliphatic carboxylic acids is 1. The smallest absolute Gasteiger partial charge is 0.307 e. The maximum Gasteiger partial charge on any atom is 0.307 e. The normalized spacial score (nSPS) is 10.5. The van der Waals surface area contributed by atoms with Crippen LogP contribution in [-0.4, -0.2) is 35.1 Å². The van der Waals surface area contributed by atoms with Gasteiger partial charge in [0.1, 0.15) is 0 Å². The molecule has 4 nitrogen and oxygen atoms in total. The van der Waals surface area contributed by atoms with Gasteiger partial charge in [-0.3, -0.25) is 9.78 Å². The Hall–Kier alpha value is -1.42. The van der Waals surface area contributed by atoms with E-state index in [1.165, 1.54) is 0 Å². The monoisotopic (exact) mass is 194 g/mol. The molecule has 0 amide bonds. The van der Waals surface area contributed by atoms with Gasteiger partial charge >= 0.3 is 5.97 Å². The molecule has 0 spiro atoms. The van der Waals surface area contributed by atoms with Crippen LogP contribution in [0, 0.1) is 0 Å². The molecule has 0 atom stereocenters. The number of carboxylic acids is 1. The third-order valence-electron chi connectivity index (χ3n) is 1.72. The van der Waals surface area contributed by atoms with E-state index in [2.05, 4.69) is 4.98 Å². The highest BCUT2D eigenvalue weighted by atomic mass is 16.4. The second kappa shape index (κ2) is 4.72. The van der Waals surface area contributed by atoms with Crippen molar-refractivity contribution in [2.45, 2.75) is 13.0 Å². The number of nitrogens with zero attached hydrogens (tertiary/aromatic N) is 2. The van der Waals surface area contributed by atoms with E-state index < -0.39 is 5.97 Å². The zero-order valence-electron chi connectivity index (χ0n) is 8.40. The van der Waals surface area contributed by atoms with Crippen LogP contribution < -0.4 is 0 Å². The van der Waals surface area contributed by atoms with Crippen LogP contribution >= 0.6 is 0 Å². The van der Waals surface area contributed by atoms with Crippen molar-refractivity contribution in [2.24, 2.45) is 0 Å². The molecule has 0 aliphatic rings. The van der Waals surface area contributed by atoms with Gasteiger partial charge in [0, 0.05) is 12.7 Å². The largest absolute Gasteiger partial charge is 0.481 e. The number of rotatable bonds is 4. The highest BCUT2D eigenvalue weighted by Gasteiger charge is 2.01. The number of aromatic nitrogens is 1. The van der Waals surface area contributed by atoms with Crippen molar-refractivity contribution in [3.63, 3.8) is 0 Å². The molecule has 1 aromatic heterocycles. The third-order valence-corrected chi connectivity index (χ3v) is 1.72. The number of hydrogen-bond donors (Lipinski definition) is 1. The lowest BCUT2D eigenvalue weighted by Crippen LogP contribution is -2.12. The molecule has 1 rings (SSSR count). The molecule has 0 fully saturated rings. The van der Waals surface area contributed by atoms with Gasteiger partial charge in [-0.15, -0.1) is 0 Å². The van der Waals surface area contributed by atoms with Crippen molar-refractivity contribution < 1.29 is 9.90 Å². The average Bonchev–Trinajstić information content (AvgIpc) is 2.06. The van der Waals surface area contributed by atoms with E-state index in [-0.39, 0.29) is 6.42 Å². The van der Waals surface area contributed by atoms with Crippen molar-refractivity contribution in [1.82, 2.24) is 9.88 Å². The van der Waals surface area contributed by atoms with E-state index >= 15 is 0 Å². The molecule has 4 heteroatoms. The molecule has 14 heavy (non-hydrogen) atoms. The summed E-state index contributed by atoms with van der Waals surface area (Å²) in [5, 5.41) is 8.55. The van der Waals surface area contributed by atoms with Gasteiger partial charge in [-0.1, -0.05) is 6.07 Å². The number of carboxylic acid groups (broad SMARTS) is 1. The maximum absolute atomic E-state index is 10.4. The lowest BCUT2D eigenvalue weighted by atomic mass is 10.2. The van der Waals surface area contributed by atoms with Crippen LogP contribution in [0.25, 0.3) is 0 Å². The fourth-order valence-corrected chi connectivity index (χ4v) is 1.15. The Balaban J connectivity index is 2.63. The average molecular weight is 194 g/mol. The van der Waals surface area contributed by atoms with E-state index in [0.29, 0.717) is 0 Å². The molecule has 0 saturated carbocycles. The van der Waals surface area contributed by atoms with Crippen LogP contribution in [0.15, 0.2) is 18.3 Å². The predicted octanol–water partition coefficient (Wildman–Crippen LogP) is 0.770. The second-order valence-electron chi connectivity index (χ2n) is 3.47. The van der Waals surface area contributed by atoms with Gasteiger partial charge in [0.15, 0.2) is 0 Å². The SMILES string of the molecule is CN(C)Cc1ccc(CC(=O)O)cn1. The molecule has 1 aromatic rings. The lowest BCUT2D eigenvalue weighted by molar-refractivity contribution is -0.136. The quantitative estimate of drug-likeness (QED) is 0.769. The molecule has 76 valence electrons. The summed E-state index contributed by atoms with van der Waals surface area (Å²) < 4.78 is 0. The Morgan fingerprint density at radius 1 is 1.50 bits per heavy atom. The van der Waals surface area contributed by atoms with Crippen LogP contribution in [0.1, 0.15) is 11.3 Å². The first-order valence-electron chi connectivity index (χ1n) is 4.38. The Morgan fingerprint density at radius 2 is 2.21 bits per heavy atom. The van der Waals surface area contributed by atoms with Gasteiger partial charge in [-0.05, 0) is 25.7 Å². The molecule has 0 saturated heterocycles. The summed E-state index contributed by atoms with van der Waals surface area (Å²) in [7, 11) is 3.93. The number of carbonyl (C=O) groups is 1. The Labute approximate surface area is 83.2 Å².